The van der Waals surface area contributed by atoms with Gasteiger partial charge in [-0.15, -0.1) is 0 Å². The normalized spacial score (nSPS) is 13.2. The first-order chi connectivity index (χ1) is 11.9. The average Bonchev–Trinajstić information content (AvgIpc) is 2.59. The van der Waals surface area contributed by atoms with E-state index in [0.717, 1.165) is 17.0 Å². The van der Waals surface area contributed by atoms with Gasteiger partial charge in [0.25, 0.3) is 5.91 Å². The molecule has 2 N–H and O–H groups in total. The van der Waals surface area contributed by atoms with Gasteiger partial charge in [0.2, 0.25) is 0 Å². The number of hydrogen-bond donors (Lipinski definition) is 2. The molecule has 4 nitrogen and oxygen atoms in total. The molecule has 0 heterocycles. The summed E-state index contributed by atoms with van der Waals surface area (Å²) in [4.78, 5) is 13.5. The Morgan fingerprint density at radius 2 is 2.08 bits per heavy atom. The maximum absolute atomic E-state index is 13.9. The highest BCUT2D eigenvalue weighted by Gasteiger charge is 2.24. The van der Waals surface area contributed by atoms with E-state index in [2.05, 4.69) is 5.32 Å². The van der Waals surface area contributed by atoms with E-state index in [0.29, 0.717) is 17.3 Å². The molecule has 0 radical (unpaired) electrons. The van der Waals surface area contributed by atoms with Crippen molar-refractivity contribution in [3.05, 3.63) is 58.9 Å². The highest BCUT2D eigenvalue weighted by atomic mass is 35.5. The third-order valence-corrected chi connectivity index (χ3v) is 4.43. The summed E-state index contributed by atoms with van der Waals surface area (Å²) in [6.07, 6.45) is 0. The second-order valence-corrected chi connectivity index (χ2v) is 6.32. The molecule has 0 bridgehead atoms. The summed E-state index contributed by atoms with van der Waals surface area (Å²) >= 11 is 5.94. The topological polar surface area (TPSA) is 42.8 Å². The van der Waals surface area contributed by atoms with Crippen molar-refractivity contribution in [1.29, 1.82) is 0 Å². The van der Waals surface area contributed by atoms with Gasteiger partial charge in [-0.3, -0.25) is 4.79 Å². The lowest BCUT2D eigenvalue weighted by Gasteiger charge is -2.24. The first-order valence-electron chi connectivity index (χ1n) is 8.18. The summed E-state index contributed by atoms with van der Waals surface area (Å²) in [5.41, 5.74) is 1.48. The van der Waals surface area contributed by atoms with E-state index in [4.69, 9.17) is 16.3 Å². The number of amides is 1. The van der Waals surface area contributed by atoms with Crippen LogP contribution in [0.15, 0.2) is 42.5 Å². The molecule has 0 saturated heterocycles. The van der Waals surface area contributed by atoms with Crippen LogP contribution in [0.2, 0.25) is 5.02 Å². The molecule has 2 aromatic carbocycles. The van der Waals surface area contributed by atoms with E-state index >= 15 is 0 Å². The fourth-order valence-electron chi connectivity index (χ4n) is 2.67. The number of carbonyl (C=O) groups is 1. The van der Waals surface area contributed by atoms with Gasteiger partial charge in [0.05, 0.1) is 13.7 Å². The van der Waals surface area contributed by atoms with E-state index in [9.17, 15) is 9.18 Å². The second-order valence-electron chi connectivity index (χ2n) is 5.88. The molecule has 25 heavy (non-hydrogen) atoms. The molecule has 134 valence electrons. The monoisotopic (exact) mass is 365 g/mol. The van der Waals surface area contributed by atoms with Crippen LogP contribution < -0.4 is 15.0 Å². The summed E-state index contributed by atoms with van der Waals surface area (Å²) in [6.45, 7) is 5.14. The number of methoxy groups -OCH3 is 1. The third-order valence-electron chi connectivity index (χ3n) is 4.20. The number of rotatable bonds is 7. The van der Waals surface area contributed by atoms with E-state index < -0.39 is 5.82 Å². The van der Waals surface area contributed by atoms with Crippen LogP contribution in [-0.2, 0) is 11.3 Å². The SMILES string of the molecule is CC[NH+](Cc1ccc(OC)c(F)c1)[C@@H](C)C(=O)Nc1cccc(Cl)c1. The summed E-state index contributed by atoms with van der Waals surface area (Å²) in [7, 11) is 1.43. The first-order valence-corrected chi connectivity index (χ1v) is 8.55. The number of hydrogen-bond acceptors (Lipinski definition) is 2. The van der Waals surface area contributed by atoms with E-state index in [-0.39, 0.29) is 17.7 Å². The molecule has 0 aromatic heterocycles. The highest BCUT2D eigenvalue weighted by Crippen LogP contribution is 2.17. The largest absolute Gasteiger partial charge is 0.494 e. The van der Waals surface area contributed by atoms with Crippen LogP contribution in [0.4, 0.5) is 10.1 Å². The molecule has 1 unspecified atom stereocenters. The van der Waals surface area contributed by atoms with Crippen molar-refractivity contribution < 1.29 is 18.8 Å². The van der Waals surface area contributed by atoms with Gasteiger partial charge in [-0.25, -0.2) is 4.39 Å². The van der Waals surface area contributed by atoms with Gasteiger partial charge in [0.15, 0.2) is 17.6 Å². The van der Waals surface area contributed by atoms with Gasteiger partial charge in [0.1, 0.15) is 6.54 Å². The molecule has 2 atom stereocenters. The summed E-state index contributed by atoms with van der Waals surface area (Å²) in [5, 5.41) is 3.44. The number of halogens is 2. The average molecular weight is 366 g/mol. The van der Waals surface area contributed by atoms with Crippen LogP contribution in [0.25, 0.3) is 0 Å². The lowest BCUT2D eigenvalue weighted by Crippen LogP contribution is -3.15. The molecular formula is C19H23ClFN2O2+. The number of anilines is 1. The maximum Gasteiger partial charge on any atom is 0.282 e. The molecule has 2 rings (SSSR count). The Morgan fingerprint density at radius 3 is 2.68 bits per heavy atom. The van der Waals surface area contributed by atoms with Crippen molar-refractivity contribution in [2.45, 2.75) is 26.4 Å². The van der Waals surface area contributed by atoms with Gasteiger partial charge in [-0.1, -0.05) is 17.7 Å². The standard InChI is InChI=1S/C19H22ClFN2O2/c1-4-23(12-14-8-9-18(25-3)17(21)10-14)13(2)19(24)22-16-7-5-6-15(20)11-16/h5-11,13H,4,12H2,1-3H3,(H,22,24)/p+1/t13-/m0/s1. The summed E-state index contributed by atoms with van der Waals surface area (Å²) < 4.78 is 18.8. The molecule has 0 fully saturated rings. The quantitative estimate of drug-likeness (QED) is 0.792. The predicted molar refractivity (Wildman–Crippen MR) is 97.7 cm³/mol. The van der Waals surface area contributed by atoms with Crippen molar-refractivity contribution >= 4 is 23.2 Å². The van der Waals surface area contributed by atoms with Crippen molar-refractivity contribution in [2.75, 3.05) is 19.0 Å². The summed E-state index contributed by atoms with van der Waals surface area (Å²) in [5.74, 6) is -0.284. The number of ether oxygens (including phenoxy) is 1. The van der Waals surface area contributed by atoms with E-state index in [1.807, 2.05) is 19.9 Å². The molecule has 0 saturated carbocycles. The molecule has 2 aromatic rings. The molecule has 6 heteroatoms. The van der Waals surface area contributed by atoms with Crippen LogP contribution >= 0.6 is 11.6 Å². The molecule has 1 amide bonds. The zero-order chi connectivity index (χ0) is 18.4. The van der Waals surface area contributed by atoms with E-state index in [1.54, 1.807) is 30.3 Å². The smallest absolute Gasteiger partial charge is 0.282 e. The first kappa shape index (κ1) is 19.2. The lowest BCUT2D eigenvalue weighted by molar-refractivity contribution is -0.925. The lowest BCUT2D eigenvalue weighted by atomic mass is 10.1. The Hall–Kier alpha value is -2.11. The van der Waals surface area contributed by atoms with Crippen molar-refractivity contribution in [3.63, 3.8) is 0 Å². The van der Waals surface area contributed by atoms with Crippen LogP contribution in [-0.4, -0.2) is 25.6 Å². The number of likely N-dealkylation sites (N-methyl/N-ethyl adjacent to an activating group) is 1. The van der Waals surface area contributed by atoms with Gasteiger partial charge in [-0.05, 0) is 50.2 Å². The Balaban J connectivity index is 2.05. The minimum atomic E-state index is -0.397. The fourth-order valence-corrected chi connectivity index (χ4v) is 2.86. The Bertz CT molecular complexity index is 739. The van der Waals surface area contributed by atoms with Crippen molar-refractivity contribution in [3.8, 4) is 5.75 Å². The highest BCUT2D eigenvalue weighted by molar-refractivity contribution is 6.30. The van der Waals surface area contributed by atoms with Gasteiger partial charge < -0.3 is 15.0 Å². The zero-order valence-corrected chi connectivity index (χ0v) is 15.4. The van der Waals surface area contributed by atoms with Crippen molar-refractivity contribution in [2.24, 2.45) is 0 Å². The van der Waals surface area contributed by atoms with E-state index in [1.165, 1.54) is 13.2 Å². The molecule has 0 aliphatic carbocycles. The Morgan fingerprint density at radius 1 is 1.32 bits per heavy atom. The molecular weight excluding hydrogens is 343 g/mol. The second kappa shape index (κ2) is 8.83. The van der Waals surface area contributed by atoms with Crippen LogP contribution in [0, 0.1) is 5.82 Å². The summed E-state index contributed by atoms with van der Waals surface area (Å²) in [6, 6.07) is 11.6. The Kier molecular flexibility index (Phi) is 6.79. The fraction of sp³-hybridized carbons (Fsp3) is 0.316. The predicted octanol–water partition coefficient (Wildman–Crippen LogP) is 2.92. The van der Waals surface area contributed by atoms with Crippen LogP contribution in [0.5, 0.6) is 5.75 Å². The van der Waals surface area contributed by atoms with Gasteiger partial charge in [0, 0.05) is 16.3 Å². The molecule has 0 spiro atoms. The number of quaternary nitrogens is 1. The zero-order valence-electron chi connectivity index (χ0n) is 14.6. The minimum absolute atomic E-state index is 0.104. The molecule has 0 aliphatic heterocycles. The van der Waals surface area contributed by atoms with Crippen molar-refractivity contribution in [1.82, 2.24) is 0 Å². The number of carbonyl (C=O) groups excluding carboxylic acids is 1. The van der Waals surface area contributed by atoms with Crippen LogP contribution in [0.3, 0.4) is 0 Å². The Labute approximate surface area is 152 Å². The van der Waals surface area contributed by atoms with Gasteiger partial charge >= 0.3 is 0 Å². The minimum Gasteiger partial charge on any atom is -0.494 e. The maximum atomic E-state index is 13.9. The molecule has 0 aliphatic rings. The van der Waals surface area contributed by atoms with Crippen LogP contribution in [0.1, 0.15) is 19.4 Å². The number of nitrogens with one attached hydrogen (secondary N) is 2. The number of benzene rings is 2. The third kappa shape index (κ3) is 5.18. The van der Waals surface area contributed by atoms with Gasteiger partial charge in [-0.2, -0.15) is 0 Å².